The van der Waals surface area contributed by atoms with Gasteiger partial charge in [-0.3, -0.25) is 4.79 Å². The Labute approximate surface area is 121 Å². The van der Waals surface area contributed by atoms with Crippen molar-refractivity contribution in [2.45, 2.75) is 26.3 Å². The minimum Gasteiger partial charge on any atom is -0.484 e. The van der Waals surface area contributed by atoms with E-state index in [2.05, 4.69) is 31.1 Å². The lowest BCUT2D eigenvalue weighted by molar-refractivity contribution is -0.123. The summed E-state index contributed by atoms with van der Waals surface area (Å²) in [7, 11) is 2.06. The number of carbonyl (C=O) groups excluding carboxylic acids is 1. The number of anilines is 1. The third kappa shape index (κ3) is 5.93. The monoisotopic (exact) mass is 279 g/mol. The van der Waals surface area contributed by atoms with E-state index >= 15 is 0 Å². The maximum absolute atomic E-state index is 11.6. The number of likely N-dealkylation sites (N-methyl/N-ethyl adjacent to an activating group) is 1. The summed E-state index contributed by atoms with van der Waals surface area (Å²) in [5, 5.41) is 2.84. The van der Waals surface area contributed by atoms with Crippen molar-refractivity contribution in [2.24, 2.45) is 0 Å². The van der Waals surface area contributed by atoms with Crippen LogP contribution in [-0.4, -0.2) is 43.6 Å². The van der Waals surface area contributed by atoms with Crippen molar-refractivity contribution in [3.63, 3.8) is 0 Å². The molecule has 0 spiro atoms. The summed E-state index contributed by atoms with van der Waals surface area (Å²) in [6, 6.07) is 7.51. The minimum absolute atomic E-state index is 0.0248. The molecule has 0 bridgehead atoms. The third-order valence-electron chi connectivity index (χ3n) is 3.38. The van der Waals surface area contributed by atoms with Crippen LogP contribution in [0.1, 0.15) is 20.3 Å². The molecule has 20 heavy (non-hydrogen) atoms. The number of rotatable bonds is 8. The molecule has 3 N–H and O–H groups in total. The van der Waals surface area contributed by atoms with Crippen LogP contribution >= 0.6 is 0 Å². The lowest BCUT2D eigenvalue weighted by Crippen LogP contribution is -2.38. The molecule has 1 amide bonds. The fraction of sp³-hybridized carbons (Fsp3) is 0.533. The summed E-state index contributed by atoms with van der Waals surface area (Å²) in [5.74, 6) is 0.533. The van der Waals surface area contributed by atoms with Gasteiger partial charge >= 0.3 is 0 Å². The van der Waals surface area contributed by atoms with Gasteiger partial charge in [-0.1, -0.05) is 6.92 Å². The first-order chi connectivity index (χ1) is 9.52. The van der Waals surface area contributed by atoms with Crippen LogP contribution < -0.4 is 15.8 Å². The van der Waals surface area contributed by atoms with Gasteiger partial charge in [0.1, 0.15) is 5.75 Å². The molecule has 1 unspecified atom stereocenters. The number of ether oxygens (including phenoxy) is 1. The topological polar surface area (TPSA) is 67.6 Å². The lowest BCUT2D eigenvalue weighted by atomic mass is 10.2. The average molecular weight is 279 g/mol. The van der Waals surface area contributed by atoms with E-state index in [1.807, 2.05) is 0 Å². The number of nitrogens with one attached hydrogen (secondary N) is 1. The summed E-state index contributed by atoms with van der Waals surface area (Å²) in [5.41, 5.74) is 6.25. The highest BCUT2D eigenvalue weighted by molar-refractivity contribution is 5.77. The number of carbonyl (C=O) groups is 1. The molecule has 0 saturated heterocycles. The first-order valence-electron chi connectivity index (χ1n) is 6.98. The molecular formula is C15H25N3O2. The van der Waals surface area contributed by atoms with Gasteiger partial charge < -0.3 is 20.7 Å². The van der Waals surface area contributed by atoms with Gasteiger partial charge in [0.2, 0.25) is 0 Å². The van der Waals surface area contributed by atoms with Crippen molar-refractivity contribution in [3.05, 3.63) is 24.3 Å². The Hall–Kier alpha value is -1.75. The van der Waals surface area contributed by atoms with E-state index < -0.39 is 0 Å². The van der Waals surface area contributed by atoms with Gasteiger partial charge in [0, 0.05) is 24.8 Å². The number of amides is 1. The van der Waals surface area contributed by atoms with Crippen molar-refractivity contribution < 1.29 is 9.53 Å². The molecule has 1 atom stereocenters. The molecule has 5 heteroatoms. The quantitative estimate of drug-likeness (QED) is 0.708. The highest BCUT2D eigenvalue weighted by Crippen LogP contribution is 2.12. The molecule has 1 aromatic rings. The number of hydrogen-bond acceptors (Lipinski definition) is 4. The number of benzene rings is 1. The van der Waals surface area contributed by atoms with Gasteiger partial charge in [0.05, 0.1) is 0 Å². The van der Waals surface area contributed by atoms with Crippen LogP contribution in [0.25, 0.3) is 0 Å². The minimum atomic E-state index is -0.112. The predicted molar refractivity (Wildman–Crippen MR) is 81.7 cm³/mol. The average Bonchev–Trinajstić information content (AvgIpc) is 2.45. The van der Waals surface area contributed by atoms with Gasteiger partial charge in [-0.25, -0.2) is 0 Å². The van der Waals surface area contributed by atoms with E-state index in [9.17, 15) is 4.79 Å². The molecule has 0 aromatic heterocycles. The van der Waals surface area contributed by atoms with Crippen LogP contribution in [0.5, 0.6) is 5.75 Å². The van der Waals surface area contributed by atoms with Gasteiger partial charge in [-0.15, -0.1) is 0 Å². The van der Waals surface area contributed by atoms with Crippen LogP contribution in [0, 0.1) is 0 Å². The Kier molecular flexibility index (Phi) is 6.87. The van der Waals surface area contributed by atoms with Crippen LogP contribution in [0.2, 0.25) is 0 Å². The van der Waals surface area contributed by atoms with Gasteiger partial charge in [-0.05, 0) is 44.7 Å². The summed E-state index contributed by atoms with van der Waals surface area (Å²) in [6.45, 7) is 5.82. The Morgan fingerprint density at radius 2 is 2.05 bits per heavy atom. The first kappa shape index (κ1) is 16.3. The molecule has 1 rings (SSSR count). The second-order valence-corrected chi connectivity index (χ2v) is 4.95. The number of nitrogens with two attached hydrogens (primary N) is 1. The summed E-state index contributed by atoms with van der Waals surface area (Å²) in [4.78, 5) is 13.8. The van der Waals surface area contributed by atoms with Crippen LogP contribution in [0.15, 0.2) is 24.3 Å². The Bertz CT molecular complexity index is 406. The zero-order chi connectivity index (χ0) is 15.0. The molecule has 0 aliphatic carbocycles. The maximum Gasteiger partial charge on any atom is 0.257 e. The molecule has 1 aromatic carbocycles. The fourth-order valence-electron chi connectivity index (χ4n) is 1.67. The molecule has 0 aliphatic rings. The second kappa shape index (κ2) is 8.43. The number of nitrogens with zero attached hydrogens (tertiary/aromatic N) is 1. The van der Waals surface area contributed by atoms with Crippen molar-refractivity contribution in [1.29, 1.82) is 0 Å². The van der Waals surface area contributed by atoms with E-state index in [0.717, 1.165) is 13.0 Å². The van der Waals surface area contributed by atoms with E-state index in [-0.39, 0.29) is 12.5 Å². The van der Waals surface area contributed by atoms with Crippen molar-refractivity contribution in [2.75, 3.05) is 32.5 Å². The van der Waals surface area contributed by atoms with E-state index in [4.69, 9.17) is 10.5 Å². The largest absolute Gasteiger partial charge is 0.484 e. The highest BCUT2D eigenvalue weighted by Gasteiger charge is 2.07. The van der Waals surface area contributed by atoms with Crippen molar-refractivity contribution in [3.8, 4) is 5.75 Å². The van der Waals surface area contributed by atoms with Gasteiger partial charge in [-0.2, -0.15) is 0 Å². The van der Waals surface area contributed by atoms with Crippen LogP contribution in [0.3, 0.4) is 0 Å². The second-order valence-electron chi connectivity index (χ2n) is 4.95. The smallest absolute Gasteiger partial charge is 0.257 e. The summed E-state index contributed by atoms with van der Waals surface area (Å²) >= 11 is 0. The molecule has 0 aliphatic heterocycles. The molecule has 0 heterocycles. The first-order valence-corrected chi connectivity index (χ1v) is 6.98. The van der Waals surface area contributed by atoms with E-state index in [1.54, 1.807) is 24.3 Å². The number of nitrogen functional groups attached to an aromatic ring is 1. The van der Waals surface area contributed by atoms with Gasteiger partial charge in [0.15, 0.2) is 6.61 Å². The van der Waals surface area contributed by atoms with E-state index in [0.29, 0.717) is 24.0 Å². The molecule has 112 valence electrons. The fourth-order valence-corrected chi connectivity index (χ4v) is 1.67. The molecule has 5 nitrogen and oxygen atoms in total. The molecule has 0 saturated carbocycles. The Balaban J connectivity index is 2.19. The molecule has 0 radical (unpaired) electrons. The van der Waals surface area contributed by atoms with Crippen LogP contribution in [0.4, 0.5) is 5.69 Å². The Morgan fingerprint density at radius 1 is 1.40 bits per heavy atom. The maximum atomic E-state index is 11.6. The summed E-state index contributed by atoms with van der Waals surface area (Å²) in [6.07, 6.45) is 1.10. The SMILES string of the molecule is CCC(C)N(C)CCNC(=O)COc1ccc(N)cc1. The Morgan fingerprint density at radius 3 is 2.65 bits per heavy atom. The molecule has 0 fully saturated rings. The van der Waals surface area contributed by atoms with Crippen molar-refractivity contribution >= 4 is 11.6 Å². The predicted octanol–water partition coefficient (Wildman–Crippen LogP) is 1.49. The standard InChI is InChI=1S/C15H25N3O2/c1-4-12(2)18(3)10-9-17-15(19)11-20-14-7-5-13(16)6-8-14/h5-8,12H,4,9-11,16H2,1-3H3,(H,17,19). The van der Waals surface area contributed by atoms with Crippen LogP contribution in [-0.2, 0) is 4.79 Å². The zero-order valence-corrected chi connectivity index (χ0v) is 12.6. The van der Waals surface area contributed by atoms with Crippen molar-refractivity contribution in [1.82, 2.24) is 10.2 Å². The highest BCUT2D eigenvalue weighted by atomic mass is 16.5. The zero-order valence-electron chi connectivity index (χ0n) is 12.6. The molecular weight excluding hydrogens is 254 g/mol. The normalized spacial score (nSPS) is 12.2. The third-order valence-corrected chi connectivity index (χ3v) is 3.38. The summed E-state index contributed by atoms with van der Waals surface area (Å²) < 4.78 is 5.37. The van der Waals surface area contributed by atoms with E-state index in [1.165, 1.54) is 0 Å². The number of hydrogen-bond donors (Lipinski definition) is 2. The lowest BCUT2D eigenvalue weighted by Gasteiger charge is -2.23. The van der Waals surface area contributed by atoms with Gasteiger partial charge in [0.25, 0.3) is 5.91 Å².